The Kier molecular flexibility index (Phi) is 3.66. The minimum Gasteiger partial charge on any atom is -0.496 e. The molecule has 1 aromatic carbocycles. The summed E-state index contributed by atoms with van der Waals surface area (Å²) in [6.07, 6.45) is 0. The second kappa shape index (κ2) is 5.22. The van der Waals surface area contributed by atoms with Gasteiger partial charge in [0.15, 0.2) is 4.77 Å². The maximum atomic E-state index is 5.34. The molecule has 96 valence electrons. The lowest BCUT2D eigenvalue weighted by atomic mass is 10.2. The van der Waals surface area contributed by atoms with Gasteiger partial charge in [-0.1, -0.05) is 18.2 Å². The first-order valence-corrected chi connectivity index (χ1v) is 5.98. The fraction of sp³-hybridized carbons (Fsp3) is 0.333. The van der Waals surface area contributed by atoms with Crippen LogP contribution < -0.4 is 9.64 Å². The fourth-order valence-corrected chi connectivity index (χ4v) is 1.97. The van der Waals surface area contributed by atoms with Crippen LogP contribution in [0.25, 0.3) is 0 Å². The molecule has 2 rings (SSSR count). The Morgan fingerprint density at radius 2 is 2.17 bits per heavy atom. The van der Waals surface area contributed by atoms with E-state index >= 15 is 0 Å². The summed E-state index contributed by atoms with van der Waals surface area (Å²) in [5.74, 6) is 1.67. The number of anilines is 1. The number of nitrogens with one attached hydrogen (secondary N) is 1. The molecule has 0 fully saturated rings. The molecule has 0 spiro atoms. The summed E-state index contributed by atoms with van der Waals surface area (Å²) < 4.78 is 7.78. The van der Waals surface area contributed by atoms with Crippen molar-refractivity contribution in [3.05, 3.63) is 34.6 Å². The second-order valence-electron chi connectivity index (χ2n) is 4.06. The zero-order chi connectivity index (χ0) is 13.1. The molecule has 0 saturated carbocycles. The van der Waals surface area contributed by atoms with Gasteiger partial charge in [-0.15, -0.1) is 5.10 Å². The number of ether oxygens (including phenoxy) is 1. The SMILES string of the molecule is COc1ccccc1CN(C)c1n[nH]c(=S)n1C. The van der Waals surface area contributed by atoms with Crippen LogP contribution in [0.5, 0.6) is 5.75 Å². The molecule has 0 saturated heterocycles. The van der Waals surface area contributed by atoms with E-state index in [1.165, 1.54) is 0 Å². The fourth-order valence-electron chi connectivity index (χ4n) is 1.84. The molecule has 0 radical (unpaired) electrons. The monoisotopic (exact) mass is 264 g/mol. The molecule has 0 bridgehead atoms. The van der Waals surface area contributed by atoms with Gasteiger partial charge in [0.1, 0.15) is 5.75 Å². The number of H-pyrrole nitrogens is 1. The first kappa shape index (κ1) is 12.6. The van der Waals surface area contributed by atoms with Crippen LogP contribution in [0.2, 0.25) is 0 Å². The molecule has 5 nitrogen and oxygen atoms in total. The van der Waals surface area contributed by atoms with Crippen LogP contribution in [0.4, 0.5) is 5.95 Å². The van der Waals surface area contributed by atoms with Gasteiger partial charge in [-0.05, 0) is 18.3 Å². The summed E-state index contributed by atoms with van der Waals surface area (Å²) in [6.45, 7) is 0.706. The van der Waals surface area contributed by atoms with E-state index in [2.05, 4.69) is 10.2 Å². The van der Waals surface area contributed by atoms with Crippen molar-refractivity contribution in [1.82, 2.24) is 14.8 Å². The first-order valence-electron chi connectivity index (χ1n) is 5.58. The van der Waals surface area contributed by atoms with Crippen molar-refractivity contribution in [3.8, 4) is 5.75 Å². The lowest BCUT2D eigenvalue weighted by molar-refractivity contribution is 0.409. The van der Waals surface area contributed by atoms with E-state index in [-0.39, 0.29) is 0 Å². The Balaban J connectivity index is 2.24. The summed E-state index contributed by atoms with van der Waals surface area (Å²) in [7, 11) is 5.53. The zero-order valence-corrected chi connectivity index (χ0v) is 11.5. The number of methoxy groups -OCH3 is 1. The lowest BCUT2D eigenvalue weighted by Gasteiger charge is -2.18. The highest BCUT2D eigenvalue weighted by Gasteiger charge is 2.11. The highest BCUT2D eigenvalue weighted by atomic mass is 32.1. The molecule has 0 atom stereocenters. The Morgan fingerprint density at radius 3 is 2.78 bits per heavy atom. The van der Waals surface area contributed by atoms with Crippen molar-refractivity contribution in [2.75, 3.05) is 19.1 Å². The van der Waals surface area contributed by atoms with Crippen LogP contribution in [0.15, 0.2) is 24.3 Å². The molecule has 0 amide bonds. The maximum Gasteiger partial charge on any atom is 0.225 e. The van der Waals surface area contributed by atoms with Gasteiger partial charge in [0.25, 0.3) is 0 Å². The third-order valence-corrected chi connectivity index (χ3v) is 3.16. The molecule has 1 N–H and O–H groups in total. The van der Waals surface area contributed by atoms with E-state index in [4.69, 9.17) is 17.0 Å². The van der Waals surface area contributed by atoms with E-state index < -0.39 is 0 Å². The molecule has 0 aliphatic rings. The van der Waals surface area contributed by atoms with Crippen molar-refractivity contribution < 1.29 is 4.74 Å². The third kappa shape index (κ3) is 2.38. The molecule has 6 heteroatoms. The van der Waals surface area contributed by atoms with E-state index in [1.54, 1.807) is 7.11 Å². The number of nitrogens with zero attached hydrogens (tertiary/aromatic N) is 3. The first-order chi connectivity index (χ1) is 8.63. The standard InChI is InChI=1S/C12H16N4OS/c1-15(11-13-14-12(18)16(11)2)8-9-6-4-5-7-10(9)17-3/h4-7H,8H2,1-3H3,(H,14,18). The highest BCUT2D eigenvalue weighted by Crippen LogP contribution is 2.20. The van der Waals surface area contributed by atoms with Gasteiger partial charge in [0.2, 0.25) is 5.95 Å². The van der Waals surface area contributed by atoms with Gasteiger partial charge in [-0.3, -0.25) is 4.57 Å². The molecule has 1 heterocycles. The van der Waals surface area contributed by atoms with Crippen LogP contribution in [0.3, 0.4) is 0 Å². The average molecular weight is 264 g/mol. The number of hydrogen-bond donors (Lipinski definition) is 1. The Labute approximate surface area is 111 Å². The molecule has 1 aromatic heterocycles. The summed E-state index contributed by atoms with van der Waals surface area (Å²) in [4.78, 5) is 2.02. The van der Waals surface area contributed by atoms with Crippen LogP contribution in [-0.4, -0.2) is 28.9 Å². The number of rotatable bonds is 4. The Morgan fingerprint density at radius 1 is 1.44 bits per heavy atom. The number of para-hydroxylation sites is 1. The van der Waals surface area contributed by atoms with Gasteiger partial charge in [-0.25, -0.2) is 5.10 Å². The van der Waals surface area contributed by atoms with Crippen molar-refractivity contribution in [1.29, 1.82) is 0 Å². The largest absolute Gasteiger partial charge is 0.496 e. The molecule has 0 unspecified atom stereocenters. The van der Waals surface area contributed by atoms with Gasteiger partial charge >= 0.3 is 0 Å². The van der Waals surface area contributed by atoms with Gasteiger partial charge < -0.3 is 9.64 Å². The number of hydrogen-bond acceptors (Lipinski definition) is 4. The summed E-state index contributed by atoms with van der Waals surface area (Å²) in [6, 6.07) is 7.94. The topological polar surface area (TPSA) is 46.1 Å². The number of aromatic amines is 1. The van der Waals surface area contributed by atoms with Crippen molar-refractivity contribution in [2.45, 2.75) is 6.54 Å². The van der Waals surface area contributed by atoms with Crippen LogP contribution in [-0.2, 0) is 13.6 Å². The van der Waals surface area contributed by atoms with Crippen LogP contribution in [0, 0.1) is 4.77 Å². The average Bonchev–Trinajstić information content (AvgIpc) is 2.71. The van der Waals surface area contributed by atoms with Crippen LogP contribution in [0.1, 0.15) is 5.56 Å². The highest BCUT2D eigenvalue weighted by molar-refractivity contribution is 7.71. The minimum atomic E-state index is 0.608. The number of aromatic nitrogens is 3. The molecule has 2 aromatic rings. The maximum absolute atomic E-state index is 5.34. The number of benzene rings is 1. The smallest absolute Gasteiger partial charge is 0.225 e. The second-order valence-corrected chi connectivity index (χ2v) is 4.44. The molecule has 18 heavy (non-hydrogen) atoms. The third-order valence-electron chi connectivity index (χ3n) is 2.80. The summed E-state index contributed by atoms with van der Waals surface area (Å²) in [5, 5.41) is 6.97. The lowest BCUT2D eigenvalue weighted by Crippen LogP contribution is -2.20. The van der Waals surface area contributed by atoms with Crippen molar-refractivity contribution >= 4 is 18.2 Å². The van der Waals surface area contributed by atoms with Crippen molar-refractivity contribution in [2.24, 2.45) is 7.05 Å². The summed E-state index contributed by atoms with van der Waals surface area (Å²) >= 11 is 5.10. The van der Waals surface area contributed by atoms with Crippen molar-refractivity contribution in [3.63, 3.8) is 0 Å². The van der Waals surface area contributed by atoms with Gasteiger partial charge in [0, 0.05) is 26.2 Å². The normalized spacial score (nSPS) is 10.4. The van der Waals surface area contributed by atoms with E-state index in [9.17, 15) is 0 Å². The van der Waals surface area contributed by atoms with Gasteiger partial charge in [-0.2, -0.15) is 0 Å². The predicted octanol–water partition coefficient (Wildman–Crippen LogP) is 2.12. The van der Waals surface area contributed by atoms with E-state index in [0.29, 0.717) is 11.3 Å². The van der Waals surface area contributed by atoms with E-state index in [1.807, 2.05) is 47.8 Å². The quantitative estimate of drug-likeness (QED) is 0.859. The minimum absolute atomic E-state index is 0.608. The molecular weight excluding hydrogens is 248 g/mol. The van der Waals surface area contributed by atoms with Crippen LogP contribution >= 0.6 is 12.2 Å². The summed E-state index contributed by atoms with van der Waals surface area (Å²) in [5.41, 5.74) is 1.11. The van der Waals surface area contributed by atoms with Gasteiger partial charge in [0.05, 0.1) is 7.11 Å². The van der Waals surface area contributed by atoms with E-state index in [0.717, 1.165) is 17.3 Å². The zero-order valence-electron chi connectivity index (χ0n) is 10.7. The Hall–Kier alpha value is -1.82. The predicted molar refractivity (Wildman–Crippen MR) is 73.5 cm³/mol. The molecular formula is C12H16N4OS. The Bertz CT molecular complexity index is 590. The molecule has 0 aliphatic heterocycles. The molecule has 0 aliphatic carbocycles.